The second-order valence-corrected chi connectivity index (χ2v) is 6.27. The molecule has 15 heavy (non-hydrogen) atoms. The highest BCUT2D eigenvalue weighted by molar-refractivity contribution is 4.94. The summed E-state index contributed by atoms with van der Waals surface area (Å²) in [6, 6.07) is 0. The van der Waals surface area contributed by atoms with E-state index in [1.165, 1.54) is 45.2 Å². The summed E-state index contributed by atoms with van der Waals surface area (Å²) in [6.07, 6.45) is 7.33. The Labute approximate surface area is 95.0 Å². The molecule has 2 rings (SSSR count). The normalized spacial score (nSPS) is 38.8. The van der Waals surface area contributed by atoms with E-state index in [4.69, 9.17) is 0 Å². The summed E-state index contributed by atoms with van der Waals surface area (Å²) in [6.45, 7) is 9.90. The van der Waals surface area contributed by atoms with Crippen molar-refractivity contribution in [2.24, 2.45) is 23.2 Å². The largest absolute Gasteiger partial charge is 0.316 e. The van der Waals surface area contributed by atoms with Gasteiger partial charge in [-0.3, -0.25) is 0 Å². The molecule has 0 aromatic heterocycles. The van der Waals surface area contributed by atoms with Crippen molar-refractivity contribution in [2.75, 3.05) is 13.1 Å². The van der Waals surface area contributed by atoms with E-state index in [0.717, 1.165) is 17.8 Å². The fraction of sp³-hybridized carbons (Fsp3) is 1.00. The Hall–Kier alpha value is -0.0400. The summed E-state index contributed by atoms with van der Waals surface area (Å²) in [5.41, 5.74) is 0.597. The molecule has 0 radical (unpaired) electrons. The Bertz CT molecular complexity index is 205. The van der Waals surface area contributed by atoms with Crippen LogP contribution in [-0.2, 0) is 0 Å². The van der Waals surface area contributed by atoms with Gasteiger partial charge in [-0.2, -0.15) is 0 Å². The van der Waals surface area contributed by atoms with Crippen LogP contribution < -0.4 is 5.32 Å². The van der Waals surface area contributed by atoms with Gasteiger partial charge in [-0.1, -0.05) is 46.5 Å². The van der Waals surface area contributed by atoms with Crippen molar-refractivity contribution in [3.8, 4) is 0 Å². The number of hydrogen-bond acceptors (Lipinski definition) is 1. The zero-order chi connectivity index (χ0) is 10.9. The SMILES string of the molecule is CC(C)C1(C)CCNCC1C1CCCC1. The molecule has 1 aliphatic carbocycles. The number of hydrogen-bond donors (Lipinski definition) is 1. The Morgan fingerprint density at radius 1 is 1.20 bits per heavy atom. The molecule has 0 aromatic carbocycles. The highest BCUT2D eigenvalue weighted by Gasteiger charge is 2.43. The Morgan fingerprint density at radius 2 is 1.87 bits per heavy atom. The van der Waals surface area contributed by atoms with E-state index in [9.17, 15) is 0 Å². The Balaban J connectivity index is 2.11. The quantitative estimate of drug-likeness (QED) is 0.734. The topological polar surface area (TPSA) is 12.0 Å². The standard InChI is InChI=1S/C14H27N/c1-11(2)14(3)8-9-15-10-13(14)12-6-4-5-7-12/h11-13,15H,4-10H2,1-3H3. The zero-order valence-electron chi connectivity index (χ0n) is 10.7. The fourth-order valence-electron chi connectivity index (χ4n) is 3.82. The maximum atomic E-state index is 3.62. The van der Waals surface area contributed by atoms with Crippen LogP contribution in [0.15, 0.2) is 0 Å². The molecule has 2 fully saturated rings. The molecule has 1 saturated carbocycles. The highest BCUT2D eigenvalue weighted by atomic mass is 14.9. The van der Waals surface area contributed by atoms with Crippen LogP contribution in [0.3, 0.4) is 0 Å². The first-order chi connectivity index (χ1) is 7.14. The van der Waals surface area contributed by atoms with Crippen LogP contribution in [0.1, 0.15) is 52.9 Å². The van der Waals surface area contributed by atoms with Gasteiger partial charge in [-0.15, -0.1) is 0 Å². The molecule has 88 valence electrons. The molecule has 1 heterocycles. The first-order valence-corrected chi connectivity index (χ1v) is 6.85. The molecule has 0 amide bonds. The van der Waals surface area contributed by atoms with Crippen LogP contribution in [0.25, 0.3) is 0 Å². The molecule has 0 bridgehead atoms. The van der Waals surface area contributed by atoms with Crippen LogP contribution in [0, 0.1) is 23.2 Å². The molecule has 2 aliphatic rings. The second-order valence-electron chi connectivity index (χ2n) is 6.27. The molecular formula is C14H27N. The van der Waals surface area contributed by atoms with Crippen molar-refractivity contribution in [1.29, 1.82) is 0 Å². The van der Waals surface area contributed by atoms with Crippen molar-refractivity contribution in [3.05, 3.63) is 0 Å². The van der Waals surface area contributed by atoms with Crippen LogP contribution in [0.4, 0.5) is 0 Å². The van der Waals surface area contributed by atoms with Crippen molar-refractivity contribution >= 4 is 0 Å². The van der Waals surface area contributed by atoms with E-state index in [-0.39, 0.29) is 0 Å². The summed E-state index contributed by atoms with van der Waals surface area (Å²) in [5, 5.41) is 3.62. The smallest absolute Gasteiger partial charge is 0.00125 e. The summed E-state index contributed by atoms with van der Waals surface area (Å²) in [4.78, 5) is 0. The first-order valence-electron chi connectivity index (χ1n) is 6.85. The third kappa shape index (κ3) is 2.08. The lowest BCUT2D eigenvalue weighted by atomic mass is 9.61. The molecule has 1 heteroatoms. The van der Waals surface area contributed by atoms with Crippen LogP contribution in [0.2, 0.25) is 0 Å². The maximum Gasteiger partial charge on any atom is -0.00125 e. The monoisotopic (exact) mass is 209 g/mol. The van der Waals surface area contributed by atoms with Gasteiger partial charge in [0, 0.05) is 0 Å². The number of piperidine rings is 1. The van der Waals surface area contributed by atoms with Crippen molar-refractivity contribution in [3.63, 3.8) is 0 Å². The lowest BCUT2D eigenvalue weighted by Gasteiger charge is -2.48. The highest BCUT2D eigenvalue weighted by Crippen LogP contribution is 2.48. The lowest BCUT2D eigenvalue weighted by Crippen LogP contribution is -2.48. The Morgan fingerprint density at radius 3 is 2.47 bits per heavy atom. The Kier molecular flexibility index (Phi) is 3.39. The van der Waals surface area contributed by atoms with Crippen LogP contribution in [0.5, 0.6) is 0 Å². The number of rotatable bonds is 2. The van der Waals surface area contributed by atoms with Gasteiger partial charge in [0.05, 0.1) is 0 Å². The predicted molar refractivity (Wildman–Crippen MR) is 65.9 cm³/mol. The third-order valence-electron chi connectivity index (χ3n) is 5.34. The molecular weight excluding hydrogens is 182 g/mol. The van der Waals surface area contributed by atoms with Gasteiger partial charge in [0.2, 0.25) is 0 Å². The van der Waals surface area contributed by atoms with E-state index in [1.54, 1.807) is 0 Å². The minimum Gasteiger partial charge on any atom is -0.316 e. The van der Waals surface area contributed by atoms with Gasteiger partial charge in [0.1, 0.15) is 0 Å². The van der Waals surface area contributed by atoms with Gasteiger partial charge in [0.15, 0.2) is 0 Å². The molecule has 0 spiro atoms. The molecule has 2 unspecified atom stereocenters. The minimum absolute atomic E-state index is 0.597. The summed E-state index contributed by atoms with van der Waals surface area (Å²) in [7, 11) is 0. The van der Waals surface area contributed by atoms with E-state index in [0.29, 0.717) is 5.41 Å². The molecule has 1 saturated heterocycles. The fourth-order valence-corrected chi connectivity index (χ4v) is 3.82. The number of nitrogens with one attached hydrogen (secondary N) is 1. The van der Waals surface area contributed by atoms with E-state index in [2.05, 4.69) is 26.1 Å². The van der Waals surface area contributed by atoms with Gasteiger partial charge >= 0.3 is 0 Å². The average molecular weight is 209 g/mol. The van der Waals surface area contributed by atoms with Gasteiger partial charge in [-0.05, 0) is 42.7 Å². The van der Waals surface area contributed by atoms with Crippen molar-refractivity contribution in [1.82, 2.24) is 5.32 Å². The van der Waals surface area contributed by atoms with E-state index >= 15 is 0 Å². The molecule has 0 aromatic rings. The molecule has 2 atom stereocenters. The van der Waals surface area contributed by atoms with Crippen LogP contribution >= 0.6 is 0 Å². The van der Waals surface area contributed by atoms with E-state index < -0.39 is 0 Å². The molecule has 1 aliphatic heterocycles. The predicted octanol–water partition coefficient (Wildman–Crippen LogP) is 3.45. The second kappa shape index (κ2) is 4.45. The van der Waals surface area contributed by atoms with Gasteiger partial charge in [0.25, 0.3) is 0 Å². The lowest BCUT2D eigenvalue weighted by molar-refractivity contribution is 0.0329. The third-order valence-corrected chi connectivity index (χ3v) is 5.34. The van der Waals surface area contributed by atoms with E-state index in [1.807, 2.05) is 0 Å². The summed E-state index contributed by atoms with van der Waals surface area (Å²) < 4.78 is 0. The van der Waals surface area contributed by atoms with Crippen molar-refractivity contribution in [2.45, 2.75) is 52.9 Å². The zero-order valence-corrected chi connectivity index (χ0v) is 10.7. The summed E-state index contributed by atoms with van der Waals surface area (Å²) in [5.74, 6) is 2.80. The maximum absolute atomic E-state index is 3.62. The first kappa shape index (κ1) is 11.4. The summed E-state index contributed by atoms with van der Waals surface area (Å²) >= 11 is 0. The average Bonchev–Trinajstić information content (AvgIpc) is 2.71. The van der Waals surface area contributed by atoms with Gasteiger partial charge < -0.3 is 5.32 Å². The minimum atomic E-state index is 0.597. The molecule has 1 N–H and O–H groups in total. The van der Waals surface area contributed by atoms with Crippen LogP contribution in [-0.4, -0.2) is 13.1 Å². The van der Waals surface area contributed by atoms with Gasteiger partial charge in [-0.25, -0.2) is 0 Å². The molecule has 1 nitrogen and oxygen atoms in total. The van der Waals surface area contributed by atoms with Crippen molar-refractivity contribution < 1.29 is 0 Å².